The first-order valence-corrected chi connectivity index (χ1v) is 4.60. The molecule has 13 heavy (non-hydrogen) atoms. The molecule has 0 unspecified atom stereocenters. The van der Waals surface area contributed by atoms with Crippen LogP contribution in [0.5, 0.6) is 0 Å². The molecule has 0 radical (unpaired) electrons. The van der Waals surface area contributed by atoms with E-state index in [0.29, 0.717) is 5.57 Å². The fourth-order valence-corrected chi connectivity index (χ4v) is 1.44. The van der Waals surface area contributed by atoms with Crippen molar-refractivity contribution in [1.29, 1.82) is 0 Å². The first-order chi connectivity index (χ1) is 6.29. The predicted octanol–water partition coefficient (Wildman–Crippen LogP) is 2.42. The van der Waals surface area contributed by atoms with Gasteiger partial charge in [-0.15, -0.1) is 6.42 Å². The van der Waals surface area contributed by atoms with Crippen molar-refractivity contribution in [3.05, 3.63) is 41.5 Å². The van der Waals surface area contributed by atoms with Crippen molar-refractivity contribution in [3.8, 4) is 12.3 Å². The van der Waals surface area contributed by atoms with E-state index in [0.717, 1.165) is 10.0 Å². The van der Waals surface area contributed by atoms with E-state index in [4.69, 9.17) is 11.5 Å². The molecule has 1 aromatic carbocycles. The van der Waals surface area contributed by atoms with Crippen LogP contribution in [0.4, 0.5) is 0 Å². The van der Waals surface area contributed by atoms with Gasteiger partial charge in [0.2, 0.25) is 0 Å². The summed E-state index contributed by atoms with van der Waals surface area (Å²) in [6.45, 7) is -0.119. The van der Waals surface area contributed by atoms with Gasteiger partial charge in [0.15, 0.2) is 0 Å². The Morgan fingerprint density at radius 3 is 2.46 bits per heavy atom. The number of benzene rings is 1. The molecule has 0 bridgehead atoms. The minimum Gasteiger partial charge on any atom is -0.391 e. The van der Waals surface area contributed by atoms with Crippen LogP contribution in [0.2, 0.25) is 0 Å². The molecule has 0 atom stereocenters. The average Bonchev–Trinajstić information content (AvgIpc) is 2.21. The fourth-order valence-electron chi connectivity index (χ4n) is 0.937. The molecule has 0 aliphatic carbocycles. The van der Waals surface area contributed by atoms with Crippen molar-refractivity contribution in [1.82, 2.24) is 0 Å². The molecule has 1 nitrogen and oxygen atoms in total. The maximum Gasteiger partial charge on any atom is 0.0771 e. The molecule has 1 N–H and O–H groups in total. The summed E-state index contributed by atoms with van der Waals surface area (Å²) in [6, 6.07) is 9.62. The summed E-state index contributed by atoms with van der Waals surface area (Å²) in [4.78, 5) is 0. The van der Waals surface area contributed by atoms with E-state index in [1.165, 1.54) is 0 Å². The van der Waals surface area contributed by atoms with Crippen molar-refractivity contribution in [2.75, 3.05) is 6.61 Å². The number of aliphatic hydroxyl groups excluding tert-OH is 1. The van der Waals surface area contributed by atoms with E-state index in [9.17, 15) is 0 Å². The highest BCUT2D eigenvalue weighted by Crippen LogP contribution is 2.24. The van der Waals surface area contributed by atoms with E-state index in [-0.39, 0.29) is 6.61 Å². The quantitative estimate of drug-likeness (QED) is 0.783. The van der Waals surface area contributed by atoms with Gasteiger partial charge in [0.1, 0.15) is 0 Å². The summed E-state index contributed by atoms with van der Waals surface area (Å²) in [5.41, 5.74) is 1.54. The zero-order valence-electron chi connectivity index (χ0n) is 7.00. The number of hydrogen-bond acceptors (Lipinski definition) is 1. The predicted molar refractivity (Wildman–Crippen MR) is 58.2 cm³/mol. The number of terminal acetylenes is 1. The van der Waals surface area contributed by atoms with E-state index in [2.05, 4.69) is 21.9 Å². The lowest BCUT2D eigenvalue weighted by Gasteiger charge is -2.01. The average molecular weight is 237 g/mol. The van der Waals surface area contributed by atoms with Gasteiger partial charge in [0.05, 0.1) is 6.61 Å². The molecule has 2 heteroatoms. The number of aliphatic hydroxyl groups is 1. The van der Waals surface area contributed by atoms with E-state index >= 15 is 0 Å². The molecule has 0 aromatic heterocycles. The minimum atomic E-state index is -0.119. The van der Waals surface area contributed by atoms with Gasteiger partial charge in [-0.25, -0.2) is 0 Å². The van der Waals surface area contributed by atoms with E-state index < -0.39 is 0 Å². The molecule has 0 saturated carbocycles. The molecule has 1 aromatic rings. The molecular weight excluding hydrogens is 228 g/mol. The largest absolute Gasteiger partial charge is 0.391 e. The van der Waals surface area contributed by atoms with Crippen LogP contribution < -0.4 is 0 Å². The Morgan fingerprint density at radius 2 is 2.00 bits per heavy atom. The molecule has 1 rings (SSSR count). The Morgan fingerprint density at radius 1 is 1.38 bits per heavy atom. The van der Waals surface area contributed by atoms with Crippen molar-refractivity contribution in [2.24, 2.45) is 0 Å². The van der Waals surface area contributed by atoms with Gasteiger partial charge in [-0.05, 0) is 21.5 Å². The van der Waals surface area contributed by atoms with Crippen molar-refractivity contribution in [3.63, 3.8) is 0 Å². The van der Waals surface area contributed by atoms with Gasteiger partial charge >= 0.3 is 0 Å². The van der Waals surface area contributed by atoms with Crippen molar-refractivity contribution < 1.29 is 5.11 Å². The lowest BCUT2D eigenvalue weighted by molar-refractivity contribution is 0.337. The van der Waals surface area contributed by atoms with Crippen LogP contribution in [0.3, 0.4) is 0 Å². The second-order valence-corrected chi connectivity index (χ2v) is 3.25. The number of hydrogen-bond donors (Lipinski definition) is 1. The number of halogens is 1. The van der Waals surface area contributed by atoms with Crippen LogP contribution in [0, 0.1) is 12.3 Å². The van der Waals surface area contributed by atoms with Crippen molar-refractivity contribution >= 4 is 20.4 Å². The lowest BCUT2D eigenvalue weighted by atomic mass is 10.1. The third-order valence-corrected chi connectivity index (χ3v) is 2.56. The molecule has 0 fully saturated rings. The smallest absolute Gasteiger partial charge is 0.0771 e. The highest BCUT2D eigenvalue weighted by atomic mass is 79.9. The van der Waals surface area contributed by atoms with Crippen LogP contribution in [0.15, 0.2) is 35.9 Å². The van der Waals surface area contributed by atoms with E-state index in [1.54, 1.807) is 0 Å². The Labute approximate surface area is 86.2 Å². The molecule has 0 aliphatic rings. The highest BCUT2D eigenvalue weighted by Gasteiger charge is 2.01. The Hall–Kier alpha value is -1.04. The Kier molecular flexibility index (Phi) is 3.75. The van der Waals surface area contributed by atoms with Crippen LogP contribution in [-0.4, -0.2) is 11.7 Å². The summed E-state index contributed by atoms with van der Waals surface area (Å²) in [5, 5.41) is 8.93. The second-order valence-electron chi connectivity index (χ2n) is 2.46. The summed E-state index contributed by atoms with van der Waals surface area (Å²) >= 11 is 3.35. The monoisotopic (exact) mass is 236 g/mol. The normalized spacial score (nSPS) is 11.8. The fraction of sp³-hybridized carbons (Fsp3) is 0.0909. The summed E-state index contributed by atoms with van der Waals surface area (Å²) in [6.07, 6.45) is 5.22. The Bertz CT molecular complexity index is 346. The standard InChI is InChI=1S/C11H9BrO/c1-2-9(8-13)11(12)10-6-4-3-5-7-10/h1,3-7,13H,8H2. The molecule has 0 amide bonds. The summed E-state index contributed by atoms with van der Waals surface area (Å²) in [5.74, 6) is 2.43. The van der Waals surface area contributed by atoms with Gasteiger partial charge in [0, 0.05) is 10.1 Å². The zero-order chi connectivity index (χ0) is 9.68. The lowest BCUT2D eigenvalue weighted by Crippen LogP contribution is -1.89. The van der Waals surface area contributed by atoms with Crippen LogP contribution >= 0.6 is 15.9 Å². The SMILES string of the molecule is C#CC(CO)=C(Br)c1ccccc1. The summed E-state index contributed by atoms with van der Waals surface area (Å²) < 4.78 is 0.776. The van der Waals surface area contributed by atoms with Crippen LogP contribution in [0.1, 0.15) is 5.56 Å². The van der Waals surface area contributed by atoms with Gasteiger partial charge in [-0.1, -0.05) is 36.3 Å². The van der Waals surface area contributed by atoms with Crippen LogP contribution in [0.25, 0.3) is 4.48 Å². The van der Waals surface area contributed by atoms with Gasteiger partial charge in [-0.3, -0.25) is 0 Å². The molecule has 0 heterocycles. The van der Waals surface area contributed by atoms with Gasteiger partial charge in [-0.2, -0.15) is 0 Å². The first-order valence-electron chi connectivity index (χ1n) is 3.81. The second kappa shape index (κ2) is 4.86. The highest BCUT2D eigenvalue weighted by molar-refractivity contribution is 9.15. The van der Waals surface area contributed by atoms with Gasteiger partial charge in [0.25, 0.3) is 0 Å². The van der Waals surface area contributed by atoms with Crippen LogP contribution in [-0.2, 0) is 0 Å². The molecule has 66 valence electrons. The molecular formula is C11H9BrO. The Balaban J connectivity index is 3.11. The first kappa shape index (κ1) is 10.0. The minimum absolute atomic E-state index is 0.119. The van der Waals surface area contributed by atoms with Gasteiger partial charge < -0.3 is 5.11 Å². The molecule has 0 spiro atoms. The topological polar surface area (TPSA) is 20.2 Å². The summed E-state index contributed by atoms with van der Waals surface area (Å²) in [7, 11) is 0. The molecule has 0 saturated heterocycles. The third-order valence-electron chi connectivity index (χ3n) is 1.62. The molecule has 0 aliphatic heterocycles. The van der Waals surface area contributed by atoms with Crippen molar-refractivity contribution in [2.45, 2.75) is 0 Å². The maximum atomic E-state index is 8.93. The number of rotatable bonds is 2. The zero-order valence-corrected chi connectivity index (χ0v) is 8.58. The van der Waals surface area contributed by atoms with E-state index in [1.807, 2.05) is 30.3 Å². The maximum absolute atomic E-state index is 8.93. The third kappa shape index (κ3) is 2.45.